The fourth-order valence-electron chi connectivity index (χ4n) is 2.50. The Morgan fingerprint density at radius 2 is 1.89 bits per heavy atom. The van der Waals surface area contributed by atoms with Gasteiger partial charge in [0.15, 0.2) is 0 Å². The normalized spacial score (nSPS) is 11.4. The fraction of sp³-hybridized carbons (Fsp3) is 0.211. The lowest BCUT2D eigenvalue weighted by atomic mass is 10.1. The van der Waals surface area contributed by atoms with Crippen molar-refractivity contribution in [3.63, 3.8) is 0 Å². The molecule has 27 heavy (non-hydrogen) atoms. The van der Waals surface area contributed by atoms with E-state index in [1.165, 1.54) is 0 Å². The molecule has 0 radical (unpaired) electrons. The van der Waals surface area contributed by atoms with Crippen LogP contribution in [0.25, 0.3) is 11.3 Å². The molecular formula is C19H16F3N3OS. The molecule has 4 nitrogen and oxygen atoms in total. The van der Waals surface area contributed by atoms with Crippen molar-refractivity contribution in [3.8, 4) is 11.3 Å². The predicted octanol–water partition coefficient (Wildman–Crippen LogP) is 4.50. The summed E-state index contributed by atoms with van der Waals surface area (Å²) in [6.07, 6.45) is -3.05. The van der Waals surface area contributed by atoms with Crippen molar-refractivity contribution in [1.29, 1.82) is 0 Å². The van der Waals surface area contributed by atoms with Gasteiger partial charge in [0, 0.05) is 29.6 Å². The van der Waals surface area contributed by atoms with Crippen LogP contribution in [0.15, 0.2) is 48.7 Å². The summed E-state index contributed by atoms with van der Waals surface area (Å²) in [7, 11) is 0. The molecule has 0 aliphatic carbocycles. The van der Waals surface area contributed by atoms with Crippen LogP contribution in [0.2, 0.25) is 0 Å². The largest absolute Gasteiger partial charge is 0.433 e. The van der Waals surface area contributed by atoms with Crippen LogP contribution in [0.5, 0.6) is 0 Å². The average molecular weight is 391 g/mol. The molecule has 2 aromatic heterocycles. The number of halogens is 3. The van der Waals surface area contributed by atoms with E-state index in [1.807, 2.05) is 37.3 Å². The van der Waals surface area contributed by atoms with Crippen LogP contribution in [0.4, 0.5) is 13.2 Å². The van der Waals surface area contributed by atoms with E-state index in [9.17, 15) is 18.0 Å². The molecule has 1 aromatic carbocycles. The summed E-state index contributed by atoms with van der Waals surface area (Å²) in [4.78, 5) is 21.0. The van der Waals surface area contributed by atoms with Crippen LogP contribution < -0.4 is 5.32 Å². The molecule has 1 N–H and O–H groups in total. The summed E-state index contributed by atoms with van der Waals surface area (Å²) in [6.45, 7) is 2.33. The topological polar surface area (TPSA) is 54.9 Å². The second-order valence-corrected chi connectivity index (χ2v) is 7.10. The number of hydrogen-bond acceptors (Lipinski definition) is 4. The lowest BCUT2D eigenvalue weighted by Crippen LogP contribution is -2.26. The number of carbonyl (C=O) groups is 1. The molecule has 3 aromatic rings. The van der Waals surface area contributed by atoms with E-state index >= 15 is 0 Å². The first kappa shape index (κ1) is 19.0. The molecule has 0 bridgehead atoms. The van der Waals surface area contributed by atoms with E-state index in [4.69, 9.17) is 0 Å². The SMILES string of the molecule is Cc1sc(CCNC(=O)c2ccc(C(F)(F)F)nc2)nc1-c1ccccc1. The van der Waals surface area contributed by atoms with Crippen molar-refractivity contribution in [2.75, 3.05) is 6.54 Å². The zero-order valence-corrected chi connectivity index (χ0v) is 15.2. The van der Waals surface area contributed by atoms with Crippen molar-refractivity contribution >= 4 is 17.2 Å². The quantitative estimate of drug-likeness (QED) is 0.697. The Kier molecular flexibility index (Phi) is 5.55. The minimum atomic E-state index is -4.52. The average Bonchev–Trinajstić information content (AvgIpc) is 3.02. The van der Waals surface area contributed by atoms with Gasteiger partial charge >= 0.3 is 6.18 Å². The smallest absolute Gasteiger partial charge is 0.352 e. The molecule has 0 saturated carbocycles. The van der Waals surface area contributed by atoms with Crippen LogP contribution >= 0.6 is 11.3 Å². The molecule has 3 rings (SSSR count). The third-order valence-corrected chi connectivity index (χ3v) is 4.86. The van der Waals surface area contributed by atoms with E-state index < -0.39 is 17.8 Å². The molecule has 0 spiro atoms. The van der Waals surface area contributed by atoms with Gasteiger partial charge in [-0.05, 0) is 19.1 Å². The van der Waals surface area contributed by atoms with Crippen molar-refractivity contribution in [2.45, 2.75) is 19.5 Å². The summed E-state index contributed by atoms with van der Waals surface area (Å²) in [5.74, 6) is -0.465. The van der Waals surface area contributed by atoms with Gasteiger partial charge in [0.25, 0.3) is 5.91 Å². The number of benzene rings is 1. The second kappa shape index (κ2) is 7.87. The van der Waals surface area contributed by atoms with Gasteiger partial charge in [-0.3, -0.25) is 9.78 Å². The standard InChI is InChI=1S/C19H16F3N3OS/c1-12-17(13-5-3-2-4-6-13)25-16(27-12)9-10-23-18(26)14-7-8-15(24-11-14)19(20,21)22/h2-8,11H,9-10H2,1H3,(H,23,26). The summed E-state index contributed by atoms with van der Waals surface area (Å²) >= 11 is 1.56. The Labute approximate surface area is 158 Å². The molecule has 0 fully saturated rings. The molecule has 8 heteroatoms. The monoisotopic (exact) mass is 391 g/mol. The number of pyridine rings is 1. The van der Waals surface area contributed by atoms with Gasteiger partial charge < -0.3 is 5.32 Å². The number of carbonyl (C=O) groups excluding carboxylic acids is 1. The second-order valence-electron chi connectivity index (χ2n) is 5.81. The van der Waals surface area contributed by atoms with E-state index in [0.29, 0.717) is 13.0 Å². The highest BCUT2D eigenvalue weighted by Gasteiger charge is 2.32. The molecular weight excluding hydrogens is 375 g/mol. The molecule has 0 atom stereocenters. The van der Waals surface area contributed by atoms with Crippen molar-refractivity contribution < 1.29 is 18.0 Å². The Bertz CT molecular complexity index is 922. The number of nitrogens with one attached hydrogen (secondary N) is 1. The molecule has 0 saturated heterocycles. The summed E-state index contributed by atoms with van der Waals surface area (Å²) in [6, 6.07) is 11.7. The number of aromatic nitrogens is 2. The summed E-state index contributed by atoms with van der Waals surface area (Å²) < 4.78 is 37.5. The number of hydrogen-bond donors (Lipinski definition) is 1. The Morgan fingerprint density at radius 3 is 2.52 bits per heavy atom. The predicted molar refractivity (Wildman–Crippen MR) is 97.6 cm³/mol. The van der Waals surface area contributed by atoms with Crippen LogP contribution in [0.3, 0.4) is 0 Å². The Balaban J connectivity index is 1.58. The third kappa shape index (κ3) is 4.71. The van der Waals surface area contributed by atoms with Crippen molar-refractivity contribution in [2.24, 2.45) is 0 Å². The molecule has 2 heterocycles. The molecule has 1 amide bonds. The lowest BCUT2D eigenvalue weighted by Gasteiger charge is -2.07. The van der Waals surface area contributed by atoms with E-state index in [-0.39, 0.29) is 5.56 Å². The van der Waals surface area contributed by atoms with E-state index in [0.717, 1.165) is 39.5 Å². The number of alkyl halides is 3. The Hall–Kier alpha value is -2.74. The molecule has 140 valence electrons. The van der Waals surface area contributed by atoms with Gasteiger partial charge in [-0.15, -0.1) is 11.3 Å². The summed E-state index contributed by atoms with van der Waals surface area (Å²) in [5, 5.41) is 3.57. The first-order chi connectivity index (χ1) is 12.8. The van der Waals surface area contributed by atoms with Crippen molar-refractivity contribution in [1.82, 2.24) is 15.3 Å². The maximum Gasteiger partial charge on any atom is 0.433 e. The fourth-order valence-corrected chi connectivity index (χ4v) is 3.46. The van der Waals surface area contributed by atoms with Crippen molar-refractivity contribution in [3.05, 3.63) is 69.8 Å². The molecule has 0 aliphatic rings. The number of thiazole rings is 1. The zero-order valence-electron chi connectivity index (χ0n) is 14.4. The van der Waals surface area contributed by atoms with Crippen LogP contribution in [-0.4, -0.2) is 22.4 Å². The maximum absolute atomic E-state index is 12.5. The number of aryl methyl sites for hydroxylation is 1. The van der Waals surface area contributed by atoms with Crippen LogP contribution in [0, 0.1) is 6.92 Å². The minimum Gasteiger partial charge on any atom is -0.352 e. The van der Waals surface area contributed by atoms with Gasteiger partial charge in [-0.1, -0.05) is 30.3 Å². The number of rotatable bonds is 5. The van der Waals surface area contributed by atoms with E-state index in [2.05, 4.69) is 15.3 Å². The number of amides is 1. The number of nitrogens with zero attached hydrogens (tertiary/aromatic N) is 2. The highest BCUT2D eigenvalue weighted by Crippen LogP contribution is 2.28. The van der Waals surface area contributed by atoms with Gasteiger partial charge in [0.2, 0.25) is 0 Å². The maximum atomic E-state index is 12.5. The minimum absolute atomic E-state index is 0.0864. The highest BCUT2D eigenvalue weighted by atomic mass is 32.1. The first-order valence-electron chi connectivity index (χ1n) is 8.18. The third-order valence-electron chi connectivity index (χ3n) is 3.83. The van der Waals surface area contributed by atoms with Gasteiger partial charge in [0.1, 0.15) is 5.69 Å². The first-order valence-corrected chi connectivity index (χ1v) is 8.99. The van der Waals surface area contributed by atoms with E-state index in [1.54, 1.807) is 11.3 Å². The Morgan fingerprint density at radius 1 is 1.15 bits per heavy atom. The zero-order chi connectivity index (χ0) is 19.4. The highest BCUT2D eigenvalue weighted by molar-refractivity contribution is 7.12. The van der Waals surface area contributed by atoms with Gasteiger partial charge in [0.05, 0.1) is 16.3 Å². The molecule has 0 aliphatic heterocycles. The van der Waals surface area contributed by atoms with Crippen LogP contribution in [0.1, 0.15) is 25.9 Å². The van der Waals surface area contributed by atoms with Crippen LogP contribution in [-0.2, 0) is 12.6 Å². The lowest BCUT2D eigenvalue weighted by molar-refractivity contribution is -0.141. The summed E-state index contributed by atoms with van der Waals surface area (Å²) in [5.41, 5.74) is 1.03. The molecule has 0 unspecified atom stereocenters. The van der Waals surface area contributed by atoms with Gasteiger partial charge in [-0.2, -0.15) is 13.2 Å². The van der Waals surface area contributed by atoms with Gasteiger partial charge in [-0.25, -0.2) is 4.98 Å².